The van der Waals surface area contributed by atoms with Crippen LogP contribution in [0.1, 0.15) is 93.7 Å². The number of carbonyl (C=O) groups excluding carboxylic acids is 3. The molecule has 6 rings (SSSR count). The molecule has 1 saturated carbocycles. The molecule has 3 aliphatic rings. The third-order valence-corrected chi connectivity index (χ3v) is 9.61. The van der Waals surface area contributed by atoms with Gasteiger partial charge in [0.15, 0.2) is 5.82 Å². The van der Waals surface area contributed by atoms with Gasteiger partial charge in [0.1, 0.15) is 6.04 Å². The fraction of sp³-hybridized carbons (Fsp3) is 0.452. The third kappa shape index (κ3) is 5.03. The van der Waals surface area contributed by atoms with Crippen molar-refractivity contribution < 1.29 is 14.4 Å². The van der Waals surface area contributed by atoms with Crippen LogP contribution in [0.25, 0.3) is 0 Å². The minimum atomic E-state index is -0.916. The van der Waals surface area contributed by atoms with E-state index in [1.54, 1.807) is 17.0 Å². The molecule has 0 radical (unpaired) electrons. The molecule has 1 aliphatic heterocycles. The summed E-state index contributed by atoms with van der Waals surface area (Å²) < 4.78 is 0. The molecule has 3 aromatic rings. The van der Waals surface area contributed by atoms with Crippen molar-refractivity contribution in [3.8, 4) is 6.07 Å². The maximum absolute atomic E-state index is 13.4. The molecule has 1 saturated heterocycles. The SMILES string of the molecule is N#CC1CCCN1C(=O)CNC1(CC2(c3nnn[nH]3)c3ccc(C(N)=O)cc3CCc3cc(C(N)=O)ccc32)CCCC1. The van der Waals surface area contributed by atoms with Crippen molar-refractivity contribution in [2.45, 2.75) is 74.8 Å². The van der Waals surface area contributed by atoms with Crippen LogP contribution in [-0.4, -0.2) is 67.9 Å². The largest absolute Gasteiger partial charge is 0.366 e. The molecule has 0 bridgehead atoms. The van der Waals surface area contributed by atoms with Gasteiger partial charge >= 0.3 is 0 Å². The van der Waals surface area contributed by atoms with Gasteiger partial charge in [-0.25, -0.2) is 5.10 Å². The number of rotatable bonds is 8. The van der Waals surface area contributed by atoms with Gasteiger partial charge in [-0.15, -0.1) is 5.10 Å². The summed E-state index contributed by atoms with van der Waals surface area (Å²) in [6.07, 6.45) is 6.85. The lowest BCUT2D eigenvalue weighted by Crippen LogP contribution is -2.53. The van der Waals surface area contributed by atoms with Gasteiger partial charge in [0, 0.05) is 23.2 Å². The summed E-state index contributed by atoms with van der Waals surface area (Å²) in [6.45, 7) is 0.703. The van der Waals surface area contributed by atoms with Gasteiger partial charge in [-0.05, 0) is 102 Å². The first-order chi connectivity index (χ1) is 20.8. The molecule has 2 fully saturated rings. The number of nitriles is 1. The molecule has 1 aromatic heterocycles. The molecule has 2 aromatic carbocycles. The lowest BCUT2D eigenvalue weighted by molar-refractivity contribution is -0.130. The first-order valence-corrected chi connectivity index (χ1v) is 14.8. The second-order valence-electron chi connectivity index (χ2n) is 12.0. The zero-order chi connectivity index (χ0) is 30.2. The predicted octanol–water partition coefficient (Wildman–Crippen LogP) is 1.64. The fourth-order valence-electron chi connectivity index (χ4n) is 7.56. The first-order valence-electron chi connectivity index (χ1n) is 14.8. The number of tetrazole rings is 1. The predicted molar refractivity (Wildman–Crippen MR) is 156 cm³/mol. The molecular formula is C31H35N9O3. The van der Waals surface area contributed by atoms with Crippen LogP contribution in [0.5, 0.6) is 0 Å². The Balaban J connectivity index is 1.50. The summed E-state index contributed by atoms with van der Waals surface area (Å²) in [4.78, 5) is 39.4. The van der Waals surface area contributed by atoms with E-state index in [0.717, 1.165) is 54.4 Å². The van der Waals surface area contributed by atoms with Crippen LogP contribution in [0.4, 0.5) is 0 Å². The molecule has 1 atom stereocenters. The Hall–Kier alpha value is -4.63. The number of benzene rings is 2. The minimum absolute atomic E-state index is 0.0791. The number of carbonyl (C=O) groups is 3. The van der Waals surface area contributed by atoms with Crippen LogP contribution >= 0.6 is 0 Å². The van der Waals surface area contributed by atoms with Crippen molar-refractivity contribution in [2.75, 3.05) is 13.1 Å². The number of primary amides is 2. The fourth-order valence-corrected chi connectivity index (χ4v) is 7.56. The van der Waals surface area contributed by atoms with Crippen LogP contribution in [0.3, 0.4) is 0 Å². The van der Waals surface area contributed by atoms with E-state index in [1.165, 1.54) is 0 Å². The summed E-state index contributed by atoms with van der Waals surface area (Å²) in [7, 11) is 0. The second kappa shape index (κ2) is 11.2. The van der Waals surface area contributed by atoms with Crippen molar-refractivity contribution in [3.63, 3.8) is 0 Å². The maximum atomic E-state index is 13.4. The highest BCUT2D eigenvalue weighted by Crippen LogP contribution is 2.51. The smallest absolute Gasteiger partial charge is 0.248 e. The quantitative estimate of drug-likeness (QED) is 0.308. The number of amides is 3. The molecule has 2 aliphatic carbocycles. The van der Waals surface area contributed by atoms with E-state index in [1.807, 2.05) is 24.3 Å². The summed E-state index contributed by atoms with van der Waals surface area (Å²) >= 11 is 0. The Morgan fingerprint density at radius 1 is 1.00 bits per heavy atom. The number of hydrogen-bond donors (Lipinski definition) is 4. The van der Waals surface area contributed by atoms with Gasteiger partial charge in [0.2, 0.25) is 17.7 Å². The standard InChI is InChI=1S/C31H35N9O3/c32-16-23-4-3-13-40(23)26(41)17-35-30(11-1-2-12-30)18-31(29-36-38-39-37-29)24-9-7-21(27(33)42)14-19(24)5-6-20-15-22(28(34)43)8-10-25(20)31/h7-10,14-15,23,35H,1-6,11-13,17-18H2,(H2,33,42)(H2,34,43)(H,36,37,38,39). The Kier molecular flexibility index (Phi) is 7.43. The monoisotopic (exact) mass is 581 g/mol. The average Bonchev–Trinajstić information content (AvgIpc) is 3.79. The summed E-state index contributed by atoms with van der Waals surface area (Å²) in [6, 6.07) is 12.9. The van der Waals surface area contributed by atoms with E-state index in [9.17, 15) is 19.6 Å². The number of aromatic nitrogens is 4. The van der Waals surface area contributed by atoms with E-state index in [0.29, 0.717) is 49.2 Å². The van der Waals surface area contributed by atoms with Crippen molar-refractivity contribution in [3.05, 3.63) is 75.6 Å². The lowest BCUT2D eigenvalue weighted by atomic mass is 9.64. The highest BCUT2D eigenvalue weighted by atomic mass is 16.2. The van der Waals surface area contributed by atoms with Crippen LogP contribution in [0, 0.1) is 11.3 Å². The number of aromatic amines is 1. The highest BCUT2D eigenvalue weighted by molar-refractivity contribution is 5.94. The zero-order valence-corrected chi connectivity index (χ0v) is 23.9. The van der Waals surface area contributed by atoms with Gasteiger partial charge in [0.05, 0.1) is 18.0 Å². The molecule has 2 heterocycles. The third-order valence-electron chi connectivity index (χ3n) is 9.61. The van der Waals surface area contributed by atoms with Gasteiger partial charge < -0.3 is 21.7 Å². The van der Waals surface area contributed by atoms with E-state index < -0.39 is 22.8 Å². The number of nitrogens with zero attached hydrogens (tertiary/aromatic N) is 5. The minimum Gasteiger partial charge on any atom is -0.366 e. The Bertz CT molecular complexity index is 1540. The van der Waals surface area contributed by atoms with Crippen molar-refractivity contribution >= 4 is 17.7 Å². The average molecular weight is 582 g/mol. The van der Waals surface area contributed by atoms with Crippen LogP contribution in [0.15, 0.2) is 36.4 Å². The molecule has 1 unspecified atom stereocenters. The van der Waals surface area contributed by atoms with Crippen molar-refractivity contribution in [1.29, 1.82) is 5.26 Å². The molecule has 12 nitrogen and oxygen atoms in total. The summed E-state index contributed by atoms with van der Waals surface area (Å²) in [5.74, 6) is -0.585. The van der Waals surface area contributed by atoms with Gasteiger partial charge in [0.25, 0.3) is 0 Å². The number of fused-ring (bicyclic) bond motifs is 2. The second-order valence-corrected chi connectivity index (χ2v) is 12.0. The number of nitrogens with two attached hydrogens (primary N) is 2. The van der Waals surface area contributed by atoms with Crippen LogP contribution in [-0.2, 0) is 23.1 Å². The number of likely N-dealkylation sites (tertiary alicyclic amines) is 1. The van der Waals surface area contributed by atoms with Crippen LogP contribution < -0.4 is 16.8 Å². The van der Waals surface area contributed by atoms with E-state index in [4.69, 9.17) is 11.5 Å². The Morgan fingerprint density at radius 2 is 1.63 bits per heavy atom. The maximum Gasteiger partial charge on any atom is 0.248 e. The molecule has 3 amide bonds. The molecule has 0 spiro atoms. The lowest BCUT2D eigenvalue weighted by Gasteiger charge is -2.43. The van der Waals surface area contributed by atoms with Gasteiger partial charge in [-0.3, -0.25) is 14.4 Å². The molecule has 12 heteroatoms. The summed E-state index contributed by atoms with van der Waals surface area (Å²) in [5.41, 5.74) is 14.5. The van der Waals surface area contributed by atoms with Crippen molar-refractivity contribution in [1.82, 2.24) is 30.8 Å². The normalized spacial score (nSPS) is 20.1. The molecular weight excluding hydrogens is 546 g/mol. The number of H-pyrrole nitrogens is 1. The van der Waals surface area contributed by atoms with E-state index in [-0.39, 0.29) is 18.5 Å². The first kappa shape index (κ1) is 28.5. The zero-order valence-electron chi connectivity index (χ0n) is 23.9. The van der Waals surface area contributed by atoms with Gasteiger partial charge in [-0.2, -0.15) is 5.26 Å². The summed E-state index contributed by atoms with van der Waals surface area (Å²) in [5, 5.41) is 28.7. The molecule has 6 N–H and O–H groups in total. The van der Waals surface area contributed by atoms with Crippen LogP contribution in [0.2, 0.25) is 0 Å². The Morgan fingerprint density at radius 3 is 2.16 bits per heavy atom. The molecule has 222 valence electrons. The molecule has 43 heavy (non-hydrogen) atoms. The number of aryl methyl sites for hydroxylation is 2. The topological polar surface area (TPSA) is 197 Å². The Labute approximate surface area is 249 Å². The van der Waals surface area contributed by atoms with E-state index >= 15 is 0 Å². The highest BCUT2D eigenvalue weighted by Gasteiger charge is 2.51. The van der Waals surface area contributed by atoms with E-state index in [2.05, 4.69) is 32.0 Å². The number of hydrogen-bond acceptors (Lipinski definition) is 8. The van der Waals surface area contributed by atoms with Gasteiger partial charge in [-0.1, -0.05) is 25.0 Å². The number of nitrogens with one attached hydrogen (secondary N) is 2. The van der Waals surface area contributed by atoms with Crippen molar-refractivity contribution in [2.24, 2.45) is 11.5 Å².